The zero-order chi connectivity index (χ0) is 22.2. The van der Waals surface area contributed by atoms with Crippen molar-refractivity contribution in [2.45, 2.75) is 19.3 Å². The Morgan fingerprint density at radius 2 is 2.12 bits per heavy atom. The Hall–Kier alpha value is -3.69. The van der Waals surface area contributed by atoms with Crippen molar-refractivity contribution in [1.82, 2.24) is 10.3 Å². The highest BCUT2D eigenvalue weighted by atomic mass is 32.1. The van der Waals surface area contributed by atoms with Gasteiger partial charge in [0.15, 0.2) is 0 Å². The van der Waals surface area contributed by atoms with Gasteiger partial charge in [-0.25, -0.2) is 9.98 Å². The van der Waals surface area contributed by atoms with E-state index in [0.717, 1.165) is 42.8 Å². The molecule has 4 aromatic rings. The smallest absolute Gasteiger partial charge is 0.324 e. The predicted octanol–water partition coefficient (Wildman–Crippen LogP) is 1.90. The molecular formula is C20H18N8O2S2. The van der Waals surface area contributed by atoms with Crippen molar-refractivity contribution in [3.63, 3.8) is 0 Å². The number of aromatic nitrogens is 3. The summed E-state index contributed by atoms with van der Waals surface area (Å²) >= 11 is 2.57. The molecule has 162 valence electrons. The monoisotopic (exact) mass is 466 g/mol. The molecule has 12 heteroatoms. The van der Waals surface area contributed by atoms with Crippen LogP contribution in [0.2, 0.25) is 0 Å². The highest BCUT2D eigenvalue weighted by molar-refractivity contribution is 7.21. The summed E-state index contributed by atoms with van der Waals surface area (Å²) in [6.07, 6.45) is 4.93. The Morgan fingerprint density at radius 3 is 2.84 bits per heavy atom. The molecule has 1 aliphatic heterocycles. The maximum Gasteiger partial charge on any atom is 0.324 e. The lowest BCUT2D eigenvalue weighted by Gasteiger charge is -2.17. The van der Waals surface area contributed by atoms with Crippen LogP contribution in [0.15, 0.2) is 32.5 Å². The Morgan fingerprint density at radius 1 is 1.31 bits per heavy atom. The van der Waals surface area contributed by atoms with Crippen LogP contribution in [0.3, 0.4) is 0 Å². The average Bonchev–Trinajstić information content (AvgIpc) is 3.54. The molecule has 10 nitrogen and oxygen atoms in total. The number of aliphatic imine (C=N–C) groups is 1. The van der Waals surface area contributed by atoms with E-state index in [1.54, 1.807) is 11.0 Å². The maximum atomic E-state index is 13.0. The molecular weight excluding hydrogens is 448 g/mol. The number of pyridine rings is 1. The highest BCUT2D eigenvalue weighted by Crippen LogP contribution is 2.43. The molecule has 1 aliphatic rings. The Bertz CT molecular complexity index is 1360. The van der Waals surface area contributed by atoms with Crippen LogP contribution >= 0.6 is 22.7 Å². The number of hydrogen-bond acceptors (Lipinski definition) is 11. The first-order valence-electron chi connectivity index (χ1n) is 9.91. The molecule has 0 radical (unpaired) electrons. The fraction of sp³-hybridized carbons (Fsp3) is 0.250. The second kappa shape index (κ2) is 8.10. The SMILES string of the molecule is N#Cc1c(N)nc2sc(/C([O-])=N/c3c[n+](N4CCCCC4)no3)c(N)c2c1-c1ccsc1. The van der Waals surface area contributed by atoms with Gasteiger partial charge in [0.1, 0.15) is 22.3 Å². The van der Waals surface area contributed by atoms with Gasteiger partial charge < -0.3 is 16.6 Å². The van der Waals surface area contributed by atoms with E-state index >= 15 is 0 Å². The zero-order valence-electron chi connectivity index (χ0n) is 16.8. The zero-order valence-corrected chi connectivity index (χ0v) is 18.4. The van der Waals surface area contributed by atoms with Gasteiger partial charge in [0.25, 0.3) is 6.20 Å². The summed E-state index contributed by atoms with van der Waals surface area (Å²) in [7, 11) is 0. The molecule has 32 heavy (non-hydrogen) atoms. The number of rotatable bonds is 4. The van der Waals surface area contributed by atoms with Crippen molar-refractivity contribution in [3.05, 3.63) is 33.5 Å². The second-order valence-corrected chi connectivity index (χ2v) is 9.07. The van der Waals surface area contributed by atoms with E-state index in [-0.39, 0.29) is 27.8 Å². The van der Waals surface area contributed by atoms with E-state index < -0.39 is 5.90 Å². The number of piperidine rings is 1. The minimum atomic E-state index is -0.569. The molecule has 0 saturated carbocycles. The van der Waals surface area contributed by atoms with E-state index in [1.807, 2.05) is 21.8 Å². The number of hydrogen-bond donors (Lipinski definition) is 2. The summed E-state index contributed by atoms with van der Waals surface area (Å²) in [6.45, 7) is 1.74. The number of thiophene rings is 2. The van der Waals surface area contributed by atoms with Crippen LogP contribution in [-0.4, -0.2) is 29.2 Å². The van der Waals surface area contributed by atoms with Gasteiger partial charge in [-0.3, -0.25) is 4.52 Å². The summed E-state index contributed by atoms with van der Waals surface area (Å²) in [6, 6.07) is 3.98. The molecule has 0 spiro atoms. The first-order chi connectivity index (χ1) is 15.6. The third-order valence-electron chi connectivity index (χ3n) is 5.30. The van der Waals surface area contributed by atoms with Crippen LogP contribution in [0.5, 0.6) is 0 Å². The van der Waals surface area contributed by atoms with Crippen molar-refractivity contribution in [1.29, 1.82) is 5.26 Å². The quantitative estimate of drug-likeness (QED) is 0.262. The van der Waals surface area contributed by atoms with Gasteiger partial charge in [-0.2, -0.15) is 21.6 Å². The van der Waals surface area contributed by atoms with Gasteiger partial charge >= 0.3 is 5.88 Å². The first kappa shape index (κ1) is 20.2. The summed E-state index contributed by atoms with van der Waals surface area (Å²) in [5.41, 5.74) is 14.2. The van der Waals surface area contributed by atoms with Gasteiger partial charge in [-0.1, -0.05) is 0 Å². The van der Waals surface area contributed by atoms with Gasteiger partial charge in [-0.05, 0) is 41.7 Å². The normalized spacial score (nSPS) is 14.7. The molecule has 0 unspecified atom stereocenters. The van der Waals surface area contributed by atoms with Crippen molar-refractivity contribution in [2.75, 3.05) is 29.6 Å². The van der Waals surface area contributed by atoms with E-state index in [9.17, 15) is 10.4 Å². The number of nitriles is 1. The van der Waals surface area contributed by atoms with Gasteiger partial charge in [-0.15, -0.1) is 11.3 Å². The fourth-order valence-corrected chi connectivity index (χ4v) is 5.43. The van der Waals surface area contributed by atoms with Crippen LogP contribution in [0.1, 0.15) is 29.7 Å². The minimum absolute atomic E-state index is 0.0840. The van der Waals surface area contributed by atoms with Gasteiger partial charge in [0, 0.05) is 16.8 Å². The topological polar surface area (TPSA) is 157 Å². The highest BCUT2D eigenvalue weighted by Gasteiger charge is 2.24. The van der Waals surface area contributed by atoms with Gasteiger partial charge in [0.05, 0.1) is 28.4 Å². The van der Waals surface area contributed by atoms with Crippen LogP contribution in [0, 0.1) is 11.3 Å². The van der Waals surface area contributed by atoms with Crippen molar-refractivity contribution in [2.24, 2.45) is 4.99 Å². The van der Waals surface area contributed by atoms with Crippen LogP contribution < -0.4 is 26.4 Å². The molecule has 4 N–H and O–H groups in total. The first-order valence-corrected chi connectivity index (χ1v) is 11.7. The third kappa shape index (κ3) is 3.41. The summed E-state index contributed by atoms with van der Waals surface area (Å²) < 4.78 is 5.23. The number of fused-ring (bicyclic) bond motifs is 1. The van der Waals surface area contributed by atoms with Crippen molar-refractivity contribution < 1.29 is 14.4 Å². The van der Waals surface area contributed by atoms with Crippen LogP contribution in [0.25, 0.3) is 21.3 Å². The fourth-order valence-electron chi connectivity index (χ4n) is 3.78. The van der Waals surface area contributed by atoms with E-state index in [4.69, 9.17) is 16.0 Å². The number of nitrogens with zero attached hydrogens (tertiary/aromatic N) is 6. The molecule has 1 saturated heterocycles. The molecule has 0 amide bonds. The average molecular weight is 467 g/mol. The van der Waals surface area contributed by atoms with Crippen LogP contribution in [-0.2, 0) is 0 Å². The van der Waals surface area contributed by atoms with E-state index in [0.29, 0.717) is 15.8 Å². The lowest BCUT2D eigenvalue weighted by Crippen LogP contribution is -2.60. The molecule has 0 aromatic carbocycles. The largest absolute Gasteiger partial charge is 0.857 e. The molecule has 0 atom stereocenters. The van der Waals surface area contributed by atoms with Crippen molar-refractivity contribution in [3.8, 4) is 17.2 Å². The molecule has 0 bridgehead atoms. The lowest BCUT2D eigenvalue weighted by molar-refractivity contribution is -0.759. The lowest BCUT2D eigenvalue weighted by atomic mass is 9.99. The summed E-state index contributed by atoms with van der Waals surface area (Å²) in [4.78, 5) is 10.6. The Kier molecular flexibility index (Phi) is 5.12. The molecule has 1 fully saturated rings. The maximum absolute atomic E-state index is 13.0. The number of nitrogen functional groups attached to an aromatic ring is 2. The predicted molar refractivity (Wildman–Crippen MR) is 121 cm³/mol. The number of nitrogens with two attached hydrogens (primary N) is 2. The molecule has 4 aromatic heterocycles. The molecule has 5 heterocycles. The number of anilines is 2. The molecule has 0 aliphatic carbocycles. The standard InChI is InChI=1S/C20H18N8O2S2/c21-8-12-14(11-4-7-31-10-11)15-16(22)17(32-20(15)25-18(12)23)19(29)24-13-9-28(26-30-13)27-5-2-1-3-6-27/h4,7,9-10H,1-3,5-6H2,(H4-,22,23,24,25,26,29). The molecule has 5 rings (SSSR count). The second-order valence-electron chi connectivity index (χ2n) is 7.29. The van der Waals surface area contributed by atoms with Crippen LogP contribution in [0.4, 0.5) is 17.4 Å². The van der Waals surface area contributed by atoms with Crippen molar-refractivity contribution >= 4 is 56.2 Å². The minimum Gasteiger partial charge on any atom is -0.857 e. The third-order valence-corrected chi connectivity index (χ3v) is 7.07. The summed E-state index contributed by atoms with van der Waals surface area (Å²) in [5, 5.41) is 32.9. The summed E-state index contributed by atoms with van der Waals surface area (Å²) in [5.74, 6) is -0.391. The van der Waals surface area contributed by atoms with E-state index in [1.165, 1.54) is 17.8 Å². The Labute approximate surface area is 190 Å². The van der Waals surface area contributed by atoms with Gasteiger partial charge in [0.2, 0.25) is 5.27 Å². The van der Waals surface area contributed by atoms with E-state index in [2.05, 4.69) is 21.3 Å². The Balaban J connectivity index is 1.58.